The molecule has 2 nitrogen and oxygen atoms in total. The van der Waals surface area contributed by atoms with E-state index in [0.29, 0.717) is 0 Å². The van der Waals surface area contributed by atoms with Crippen molar-refractivity contribution in [2.45, 2.75) is 27.1 Å². The Hall–Kier alpha value is -3.39. The average Bonchev–Trinajstić information content (AvgIpc) is 3.20. The Balaban J connectivity index is 1.84. The van der Waals surface area contributed by atoms with Crippen molar-refractivity contribution in [3.8, 4) is 0 Å². The molecule has 0 atom stereocenters. The van der Waals surface area contributed by atoms with Crippen LogP contribution in [0.3, 0.4) is 0 Å². The Morgan fingerprint density at radius 2 is 1.71 bits per heavy atom. The van der Waals surface area contributed by atoms with E-state index in [1.165, 1.54) is 11.1 Å². The van der Waals surface area contributed by atoms with E-state index in [1.54, 1.807) is 0 Å². The van der Waals surface area contributed by atoms with Gasteiger partial charge in [-0.25, -0.2) is 0 Å². The van der Waals surface area contributed by atoms with Crippen LogP contribution in [0.4, 0.5) is 5.69 Å². The normalized spacial score (nSPS) is 16.2. The zero-order valence-corrected chi connectivity index (χ0v) is 18.5. The van der Waals surface area contributed by atoms with E-state index in [1.807, 2.05) is 39.1 Å². The summed E-state index contributed by atoms with van der Waals surface area (Å²) in [5.74, 6) is -0.120. The van der Waals surface area contributed by atoms with Gasteiger partial charge in [0, 0.05) is 13.8 Å². The van der Waals surface area contributed by atoms with Gasteiger partial charge in [0.2, 0.25) is 5.49 Å². The highest BCUT2D eigenvalue weighted by molar-refractivity contribution is 5.89. The largest absolute Gasteiger partial charge is 0.298 e. The van der Waals surface area contributed by atoms with E-state index in [-0.39, 0.29) is 5.92 Å². The van der Waals surface area contributed by atoms with E-state index in [0.717, 1.165) is 38.8 Å². The summed E-state index contributed by atoms with van der Waals surface area (Å²) < 4.78 is 21.6. The molecule has 1 aliphatic rings. The molecule has 3 aromatic carbocycles. The number of fused-ring (bicyclic) bond motifs is 2. The lowest BCUT2D eigenvalue weighted by Crippen LogP contribution is -2.29. The van der Waals surface area contributed by atoms with Gasteiger partial charge in [-0.3, -0.25) is 9.14 Å². The number of para-hydroxylation sites is 1. The highest BCUT2D eigenvalue weighted by atomic mass is 15.1. The first-order valence-electron chi connectivity index (χ1n) is 11.8. The molecule has 0 unspecified atom stereocenters. The molecule has 0 spiro atoms. The zero-order valence-electron chi connectivity index (χ0n) is 20.5. The zero-order chi connectivity index (χ0) is 23.3. The van der Waals surface area contributed by atoms with Crippen molar-refractivity contribution in [3.63, 3.8) is 0 Å². The van der Waals surface area contributed by atoms with Crippen LogP contribution >= 0.6 is 0 Å². The molecule has 0 N–H and O–H groups in total. The first-order valence-corrected chi connectivity index (χ1v) is 10.8. The van der Waals surface area contributed by atoms with Gasteiger partial charge < -0.3 is 0 Å². The van der Waals surface area contributed by atoms with Crippen LogP contribution in [0, 0.1) is 19.0 Å². The molecule has 0 fully saturated rings. The lowest BCUT2D eigenvalue weighted by atomic mass is 9.98. The minimum absolute atomic E-state index is 0.120. The SMILES string of the molecule is [2H]C([2H])(c1cccc2c1ccc(=[N+]1[C-]=C(c3ccccc3)c3cccc(C)c31)n2C)C(C)C. The number of hydrogen-bond donors (Lipinski definition) is 0. The number of hydrogen-bond acceptors (Lipinski definition) is 0. The van der Waals surface area contributed by atoms with E-state index in [2.05, 4.69) is 82.9 Å². The van der Waals surface area contributed by atoms with Gasteiger partial charge in [0.25, 0.3) is 0 Å². The molecular formula is C29H28N2. The molecule has 31 heavy (non-hydrogen) atoms. The number of aromatic nitrogens is 1. The van der Waals surface area contributed by atoms with Crippen LogP contribution in [0.1, 0.15) is 38.8 Å². The fraction of sp³-hybridized carbons (Fsp3) is 0.207. The number of nitrogens with zero attached hydrogens (tertiary/aromatic N) is 2. The topological polar surface area (TPSA) is 7.94 Å². The summed E-state index contributed by atoms with van der Waals surface area (Å²) >= 11 is 0. The van der Waals surface area contributed by atoms with Gasteiger partial charge in [-0.15, -0.1) is 0 Å². The van der Waals surface area contributed by atoms with E-state index in [4.69, 9.17) is 2.74 Å². The predicted molar refractivity (Wildman–Crippen MR) is 130 cm³/mol. The van der Waals surface area contributed by atoms with Crippen molar-refractivity contribution in [3.05, 3.63) is 113 Å². The first-order chi connectivity index (χ1) is 15.8. The number of benzene rings is 3. The Morgan fingerprint density at radius 3 is 2.48 bits per heavy atom. The van der Waals surface area contributed by atoms with Crippen LogP contribution in [0.25, 0.3) is 16.5 Å². The van der Waals surface area contributed by atoms with E-state index < -0.39 is 6.37 Å². The Morgan fingerprint density at radius 1 is 0.935 bits per heavy atom. The van der Waals surface area contributed by atoms with Crippen molar-refractivity contribution >= 4 is 22.2 Å². The molecule has 0 radical (unpaired) electrons. The molecule has 2 heteroatoms. The molecule has 1 aromatic heterocycles. The maximum atomic E-state index is 8.67. The fourth-order valence-corrected chi connectivity index (χ4v) is 4.46. The average molecular weight is 407 g/mol. The molecule has 0 saturated carbocycles. The second-order valence-corrected chi connectivity index (χ2v) is 8.45. The van der Waals surface area contributed by atoms with Crippen LogP contribution in [0.15, 0.2) is 78.9 Å². The third kappa shape index (κ3) is 3.33. The van der Waals surface area contributed by atoms with Gasteiger partial charge in [-0.05, 0) is 48.5 Å². The van der Waals surface area contributed by atoms with Gasteiger partial charge in [0.15, 0.2) is 0 Å². The smallest absolute Gasteiger partial charge is 0.222 e. The molecule has 4 aromatic rings. The third-order valence-electron chi connectivity index (χ3n) is 5.88. The van der Waals surface area contributed by atoms with Crippen molar-refractivity contribution in [2.75, 3.05) is 0 Å². The summed E-state index contributed by atoms with van der Waals surface area (Å²) in [6.45, 7) is 6.00. The Kier molecular flexibility index (Phi) is 4.30. The molecular weight excluding hydrogens is 376 g/mol. The summed E-state index contributed by atoms with van der Waals surface area (Å²) in [5, 5.41) is 0.943. The summed E-state index contributed by atoms with van der Waals surface area (Å²) in [4.78, 5) is 0. The number of pyridine rings is 1. The van der Waals surface area contributed by atoms with Crippen LogP contribution < -0.4 is 10.1 Å². The number of rotatable bonds is 3. The van der Waals surface area contributed by atoms with E-state index >= 15 is 0 Å². The predicted octanol–water partition coefficient (Wildman–Crippen LogP) is 6.00. The summed E-state index contributed by atoms with van der Waals surface area (Å²) in [5.41, 5.74) is 8.45. The van der Waals surface area contributed by atoms with Crippen molar-refractivity contribution < 1.29 is 2.74 Å². The van der Waals surface area contributed by atoms with Gasteiger partial charge in [-0.2, -0.15) is 0 Å². The molecule has 154 valence electrons. The van der Waals surface area contributed by atoms with Crippen molar-refractivity contribution in [1.82, 2.24) is 9.14 Å². The Bertz CT molecular complexity index is 1480. The molecule has 0 bridgehead atoms. The van der Waals surface area contributed by atoms with Gasteiger partial charge in [-0.1, -0.05) is 91.2 Å². The molecule has 0 amide bonds. The standard InChI is InChI=1S/C29H28N2/c1-20(2)18-23-13-9-15-27-24(23)16-17-28(30(27)4)31-19-26(22-11-6-5-7-12-22)25-14-8-10-21(3)29(25)31/h5-17,20H,18H2,1-4H3/i18D2. The Labute approximate surface area is 187 Å². The van der Waals surface area contributed by atoms with Gasteiger partial charge in [0.1, 0.15) is 5.52 Å². The minimum atomic E-state index is -1.41. The third-order valence-corrected chi connectivity index (χ3v) is 5.88. The first kappa shape index (κ1) is 17.3. The maximum absolute atomic E-state index is 8.67. The van der Waals surface area contributed by atoms with Crippen LogP contribution in [-0.4, -0.2) is 4.57 Å². The van der Waals surface area contributed by atoms with Gasteiger partial charge >= 0.3 is 0 Å². The van der Waals surface area contributed by atoms with Crippen molar-refractivity contribution in [1.29, 1.82) is 0 Å². The summed E-state index contributed by atoms with van der Waals surface area (Å²) in [7, 11) is 2.05. The monoisotopic (exact) mass is 406 g/mol. The summed E-state index contributed by atoms with van der Waals surface area (Å²) in [6, 6.07) is 26.9. The van der Waals surface area contributed by atoms with Crippen LogP contribution in [-0.2, 0) is 13.4 Å². The second-order valence-electron chi connectivity index (χ2n) is 8.45. The molecule has 1 aliphatic heterocycles. The number of aryl methyl sites for hydroxylation is 2. The van der Waals surface area contributed by atoms with E-state index in [9.17, 15) is 0 Å². The highest BCUT2D eigenvalue weighted by Gasteiger charge is 2.19. The van der Waals surface area contributed by atoms with Crippen LogP contribution in [0.5, 0.6) is 0 Å². The molecule has 0 saturated heterocycles. The quantitative estimate of drug-likeness (QED) is 0.291. The fourth-order valence-electron chi connectivity index (χ4n) is 4.46. The van der Waals surface area contributed by atoms with Crippen molar-refractivity contribution in [2.24, 2.45) is 13.0 Å². The highest BCUT2D eigenvalue weighted by Crippen LogP contribution is 2.37. The minimum Gasteiger partial charge on any atom is -0.298 e. The van der Waals surface area contributed by atoms with Crippen LogP contribution in [0.2, 0.25) is 0 Å². The maximum Gasteiger partial charge on any atom is 0.222 e. The second kappa shape index (κ2) is 7.70. The molecule has 0 aliphatic carbocycles. The lowest BCUT2D eigenvalue weighted by Gasteiger charge is -2.14. The van der Waals surface area contributed by atoms with Gasteiger partial charge in [0.05, 0.1) is 13.2 Å². The summed E-state index contributed by atoms with van der Waals surface area (Å²) in [6.07, 6.45) is 2.25. The lowest BCUT2D eigenvalue weighted by molar-refractivity contribution is 0.650. The molecule has 5 rings (SSSR count). The molecule has 2 heterocycles.